The quantitative estimate of drug-likeness (QED) is 0.546. The lowest BCUT2D eigenvalue weighted by atomic mass is 10.1. The van der Waals surface area contributed by atoms with Crippen molar-refractivity contribution in [3.05, 3.63) is 29.8 Å². The lowest BCUT2D eigenvalue weighted by Gasteiger charge is -2.06. The molecule has 0 unspecified atom stereocenters. The Balaban J connectivity index is 2.45. The molecule has 0 aliphatic rings. The first-order valence-electron chi connectivity index (χ1n) is 5.33. The third kappa shape index (κ3) is 4.26. The topological polar surface area (TPSA) is 43.4 Å². The van der Waals surface area contributed by atoms with Gasteiger partial charge in [-0.05, 0) is 32.4 Å². The third-order valence-corrected chi connectivity index (χ3v) is 2.18. The maximum atomic E-state index is 11.1. The molecule has 86 valence electrons. The molecule has 1 aromatic rings. The maximum Gasteiger partial charge on any atom is 0.159 e. The van der Waals surface area contributed by atoms with Gasteiger partial charge in [-0.3, -0.25) is 4.79 Å². The first-order chi connectivity index (χ1) is 7.59. The number of carbonyl (C=O) groups excluding carboxylic acids is 2. The second-order valence-electron chi connectivity index (χ2n) is 3.74. The summed E-state index contributed by atoms with van der Waals surface area (Å²) < 4.78 is 5.44. The van der Waals surface area contributed by atoms with Crippen molar-refractivity contribution in [1.82, 2.24) is 0 Å². The second kappa shape index (κ2) is 6.05. The van der Waals surface area contributed by atoms with E-state index in [9.17, 15) is 9.59 Å². The zero-order chi connectivity index (χ0) is 12.0. The van der Waals surface area contributed by atoms with Crippen molar-refractivity contribution in [2.24, 2.45) is 0 Å². The van der Waals surface area contributed by atoms with Crippen molar-refractivity contribution < 1.29 is 14.3 Å². The van der Waals surface area contributed by atoms with Crippen LogP contribution in [0.15, 0.2) is 24.3 Å². The summed E-state index contributed by atoms with van der Waals surface area (Å²) in [4.78, 5) is 21.8. The second-order valence-corrected chi connectivity index (χ2v) is 3.74. The zero-order valence-corrected chi connectivity index (χ0v) is 9.66. The van der Waals surface area contributed by atoms with E-state index < -0.39 is 0 Å². The van der Waals surface area contributed by atoms with Gasteiger partial charge in [-0.2, -0.15) is 0 Å². The van der Waals surface area contributed by atoms with Gasteiger partial charge in [0.25, 0.3) is 0 Å². The number of carbonyl (C=O) groups is 2. The zero-order valence-electron chi connectivity index (χ0n) is 9.66. The van der Waals surface area contributed by atoms with E-state index in [-0.39, 0.29) is 11.6 Å². The lowest BCUT2D eigenvalue weighted by Crippen LogP contribution is -2.01. The van der Waals surface area contributed by atoms with Crippen LogP contribution in [0.4, 0.5) is 0 Å². The van der Waals surface area contributed by atoms with Crippen LogP contribution in [-0.2, 0) is 4.79 Å². The van der Waals surface area contributed by atoms with Crippen LogP contribution >= 0.6 is 0 Å². The van der Waals surface area contributed by atoms with E-state index >= 15 is 0 Å². The summed E-state index contributed by atoms with van der Waals surface area (Å²) in [6.07, 6.45) is 1.24. The summed E-state index contributed by atoms with van der Waals surface area (Å²) in [5.74, 6) is 0.867. The highest BCUT2D eigenvalue weighted by atomic mass is 16.5. The van der Waals surface area contributed by atoms with Crippen molar-refractivity contribution >= 4 is 11.6 Å². The van der Waals surface area contributed by atoms with Crippen LogP contribution in [0.1, 0.15) is 37.0 Å². The van der Waals surface area contributed by atoms with Crippen molar-refractivity contribution in [1.29, 1.82) is 0 Å². The largest absolute Gasteiger partial charge is 0.494 e. The van der Waals surface area contributed by atoms with E-state index in [1.165, 1.54) is 6.92 Å². The average molecular weight is 220 g/mol. The summed E-state index contributed by atoms with van der Waals surface area (Å²) in [5.41, 5.74) is 0.643. The molecule has 0 bridgehead atoms. The Kier molecular flexibility index (Phi) is 4.70. The highest BCUT2D eigenvalue weighted by molar-refractivity contribution is 5.94. The van der Waals surface area contributed by atoms with E-state index in [2.05, 4.69) is 0 Å². The minimum absolute atomic E-state index is 0.0224. The van der Waals surface area contributed by atoms with Gasteiger partial charge >= 0.3 is 0 Å². The molecule has 0 saturated carbocycles. The summed E-state index contributed by atoms with van der Waals surface area (Å²) in [6.45, 7) is 3.59. The van der Waals surface area contributed by atoms with E-state index in [1.54, 1.807) is 31.2 Å². The Morgan fingerprint density at radius 3 is 2.62 bits per heavy atom. The summed E-state index contributed by atoms with van der Waals surface area (Å²) in [6, 6.07) is 7.07. The minimum Gasteiger partial charge on any atom is -0.494 e. The van der Waals surface area contributed by atoms with Gasteiger partial charge in [-0.25, -0.2) is 0 Å². The lowest BCUT2D eigenvalue weighted by molar-refractivity contribution is -0.117. The smallest absolute Gasteiger partial charge is 0.159 e. The van der Waals surface area contributed by atoms with Crippen molar-refractivity contribution in [3.63, 3.8) is 0 Å². The Labute approximate surface area is 95.4 Å². The van der Waals surface area contributed by atoms with Crippen molar-refractivity contribution in [2.45, 2.75) is 26.7 Å². The molecule has 0 heterocycles. The monoisotopic (exact) mass is 220 g/mol. The van der Waals surface area contributed by atoms with Gasteiger partial charge in [0, 0.05) is 12.0 Å². The molecule has 0 aromatic heterocycles. The molecule has 0 radical (unpaired) electrons. The first kappa shape index (κ1) is 12.4. The van der Waals surface area contributed by atoms with Crippen LogP contribution in [0.5, 0.6) is 5.75 Å². The van der Waals surface area contributed by atoms with Crippen LogP contribution in [0.25, 0.3) is 0 Å². The van der Waals surface area contributed by atoms with Crippen LogP contribution in [0.3, 0.4) is 0 Å². The molecular formula is C13H16O3. The number of hydrogen-bond acceptors (Lipinski definition) is 3. The molecule has 0 atom stereocenters. The Hall–Kier alpha value is -1.64. The van der Waals surface area contributed by atoms with Gasteiger partial charge in [0.15, 0.2) is 5.78 Å². The molecule has 16 heavy (non-hydrogen) atoms. The summed E-state index contributed by atoms with van der Waals surface area (Å²) >= 11 is 0. The van der Waals surface area contributed by atoms with E-state index in [0.717, 1.165) is 0 Å². The fraction of sp³-hybridized carbons (Fsp3) is 0.385. The van der Waals surface area contributed by atoms with Gasteiger partial charge in [-0.1, -0.05) is 12.1 Å². The molecular weight excluding hydrogens is 204 g/mol. The number of Topliss-reactive ketones (excluding diaryl/α,β-unsaturated/α-hetero) is 2. The fourth-order valence-corrected chi connectivity index (χ4v) is 1.32. The average Bonchev–Trinajstić information content (AvgIpc) is 2.24. The molecule has 3 nitrogen and oxygen atoms in total. The predicted molar refractivity (Wildman–Crippen MR) is 61.9 cm³/mol. The van der Waals surface area contributed by atoms with E-state index in [0.29, 0.717) is 30.8 Å². The number of rotatable bonds is 6. The van der Waals surface area contributed by atoms with Crippen LogP contribution < -0.4 is 4.74 Å². The Bertz CT molecular complexity index is 383. The van der Waals surface area contributed by atoms with Gasteiger partial charge in [0.05, 0.1) is 6.61 Å². The third-order valence-electron chi connectivity index (χ3n) is 2.18. The van der Waals surface area contributed by atoms with E-state index in [4.69, 9.17) is 4.74 Å². The number of hydrogen-bond donors (Lipinski definition) is 0. The molecule has 0 fully saturated rings. The van der Waals surface area contributed by atoms with Gasteiger partial charge in [0.1, 0.15) is 11.5 Å². The number of benzene rings is 1. The SMILES string of the molecule is CC(=O)CCCOc1cccc(C(C)=O)c1. The summed E-state index contributed by atoms with van der Waals surface area (Å²) in [5, 5.41) is 0. The molecule has 0 N–H and O–H groups in total. The fourth-order valence-electron chi connectivity index (χ4n) is 1.32. The van der Waals surface area contributed by atoms with Gasteiger partial charge < -0.3 is 9.53 Å². The molecule has 0 spiro atoms. The van der Waals surface area contributed by atoms with Crippen molar-refractivity contribution in [3.8, 4) is 5.75 Å². The Morgan fingerprint density at radius 1 is 1.25 bits per heavy atom. The van der Waals surface area contributed by atoms with Crippen molar-refractivity contribution in [2.75, 3.05) is 6.61 Å². The number of ketones is 2. The molecule has 0 aliphatic carbocycles. The molecule has 1 rings (SSSR count). The normalized spacial score (nSPS) is 9.88. The molecule has 3 heteroatoms. The predicted octanol–water partition coefficient (Wildman–Crippen LogP) is 2.64. The van der Waals surface area contributed by atoms with Gasteiger partial charge in [0.2, 0.25) is 0 Å². The molecule has 0 amide bonds. The molecule has 1 aromatic carbocycles. The number of ether oxygens (including phenoxy) is 1. The first-order valence-corrected chi connectivity index (χ1v) is 5.33. The molecule has 0 aliphatic heterocycles. The minimum atomic E-state index is 0.0224. The van der Waals surface area contributed by atoms with Crippen LogP contribution in [0, 0.1) is 0 Å². The van der Waals surface area contributed by atoms with Crippen LogP contribution in [0.2, 0.25) is 0 Å². The maximum absolute atomic E-state index is 11.1. The molecule has 0 saturated heterocycles. The summed E-state index contributed by atoms with van der Waals surface area (Å²) in [7, 11) is 0. The Morgan fingerprint density at radius 2 is 2.00 bits per heavy atom. The van der Waals surface area contributed by atoms with Crippen LogP contribution in [-0.4, -0.2) is 18.2 Å². The highest BCUT2D eigenvalue weighted by Crippen LogP contribution is 2.14. The van der Waals surface area contributed by atoms with Gasteiger partial charge in [-0.15, -0.1) is 0 Å². The highest BCUT2D eigenvalue weighted by Gasteiger charge is 2.01. The standard InChI is InChI=1S/C13H16O3/c1-10(14)5-4-8-16-13-7-3-6-12(9-13)11(2)15/h3,6-7,9H,4-5,8H2,1-2H3. The van der Waals surface area contributed by atoms with E-state index in [1.807, 2.05) is 0 Å².